The lowest BCUT2D eigenvalue weighted by Gasteiger charge is -2.26. The Morgan fingerprint density at radius 1 is 1.05 bits per heavy atom. The van der Waals surface area contributed by atoms with E-state index in [2.05, 4.69) is 10.3 Å². The van der Waals surface area contributed by atoms with E-state index in [0.29, 0.717) is 21.0 Å². The van der Waals surface area contributed by atoms with E-state index in [1.54, 1.807) is 75.4 Å². The second-order valence-corrected chi connectivity index (χ2v) is 10.4. The Balaban J connectivity index is 1.81. The first-order valence-corrected chi connectivity index (χ1v) is 12.3. The number of anilines is 1. The van der Waals surface area contributed by atoms with E-state index in [0.717, 1.165) is 0 Å². The predicted octanol–water partition coefficient (Wildman–Crippen LogP) is 4.91. The van der Waals surface area contributed by atoms with Crippen LogP contribution in [0.5, 0.6) is 0 Å². The van der Waals surface area contributed by atoms with Gasteiger partial charge in [0.15, 0.2) is 0 Å². The normalized spacial score (nSPS) is 15.4. The first-order valence-electron chi connectivity index (χ1n) is 11.5. The van der Waals surface area contributed by atoms with Gasteiger partial charge in [0.05, 0.1) is 25.1 Å². The molecule has 8 nitrogen and oxygen atoms in total. The highest BCUT2D eigenvalue weighted by atomic mass is 32.1. The molecule has 2 amide bonds. The molecule has 1 aromatic heterocycles. The van der Waals surface area contributed by atoms with E-state index in [1.807, 2.05) is 0 Å². The number of carbonyl (C=O) groups is 3. The van der Waals surface area contributed by atoms with Crippen LogP contribution in [0, 0.1) is 5.82 Å². The fraction of sp³-hybridized carbons (Fsp3) is 0.259. The Labute approximate surface area is 217 Å². The number of fused-ring (bicyclic) bond motifs is 1. The number of ether oxygens (including phenoxy) is 2. The van der Waals surface area contributed by atoms with Gasteiger partial charge in [0.1, 0.15) is 16.3 Å². The third kappa shape index (κ3) is 5.86. The third-order valence-corrected chi connectivity index (χ3v) is 6.40. The Morgan fingerprint density at radius 3 is 2.41 bits per heavy atom. The number of alkyl carbamates (subject to hydrolysis) is 1. The number of benzodiazepines with no additional fused rings is 1. The first-order chi connectivity index (χ1) is 17.6. The van der Waals surface area contributed by atoms with Gasteiger partial charge in [-0.25, -0.2) is 19.0 Å². The number of carbonyl (C=O) groups excluding carboxylic acids is 3. The molecule has 0 unspecified atom stereocenters. The van der Waals surface area contributed by atoms with Crippen molar-refractivity contribution in [1.82, 2.24) is 5.32 Å². The zero-order valence-corrected chi connectivity index (χ0v) is 21.6. The molecule has 192 valence electrons. The Bertz CT molecular complexity index is 1380. The number of nitrogens with one attached hydrogen (secondary N) is 1. The fourth-order valence-electron chi connectivity index (χ4n) is 3.80. The van der Waals surface area contributed by atoms with Gasteiger partial charge in [-0.1, -0.05) is 30.3 Å². The van der Waals surface area contributed by atoms with Crippen LogP contribution in [0.2, 0.25) is 0 Å². The third-order valence-electron chi connectivity index (χ3n) is 5.35. The predicted molar refractivity (Wildman–Crippen MR) is 138 cm³/mol. The lowest BCUT2D eigenvalue weighted by Crippen LogP contribution is -2.48. The van der Waals surface area contributed by atoms with E-state index in [-0.39, 0.29) is 17.8 Å². The van der Waals surface area contributed by atoms with Gasteiger partial charge in [-0.3, -0.25) is 10.1 Å². The molecule has 37 heavy (non-hydrogen) atoms. The minimum absolute atomic E-state index is 0.0874. The maximum absolute atomic E-state index is 14.9. The number of benzene rings is 2. The molecule has 2 aromatic carbocycles. The number of esters is 1. The summed E-state index contributed by atoms with van der Waals surface area (Å²) in [4.78, 5) is 45.5. The highest BCUT2D eigenvalue weighted by Crippen LogP contribution is 2.31. The maximum atomic E-state index is 14.9. The van der Waals surface area contributed by atoms with Crippen molar-refractivity contribution >= 4 is 40.7 Å². The highest BCUT2D eigenvalue weighted by Gasteiger charge is 2.35. The average molecular weight is 524 g/mol. The maximum Gasteiger partial charge on any atom is 0.409 e. The van der Waals surface area contributed by atoms with Gasteiger partial charge in [-0.05, 0) is 51.1 Å². The molecule has 1 N–H and O–H groups in total. The summed E-state index contributed by atoms with van der Waals surface area (Å²) in [6.45, 7) is 5.19. The van der Waals surface area contributed by atoms with E-state index >= 15 is 0 Å². The standard InChI is InChI=1S/C27H26FN3O5S/c1-27(2,3)36-26(34)30-23-24(32)31(15-16-13-14-21(37-16)25(33)35-4)20-12-8-6-10-18(20)22(29-23)17-9-5-7-11-19(17)28/h5-14,23H,15H2,1-4H3,(H,30,34)/t23-/m1/s1. The molecule has 1 aliphatic rings. The lowest BCUT2D eigenvalue weighted by molar-refractivity contribution is -0.120. The molecule has 1 aliphatic heterocycles. The largest absolute Gasteiger partial charge is 0.465 e. The molecule has 0 fully saturated rings. The molecule has 0 radical (unpaired) electrons. The average Bonchev–Trinajstić information content (AvgIpc) is 3.28. The van der Waals surface area contributed by atoms with Gasteiger partial charge in [0.2, 0.25) is 6.17 Å². The van der Waals surface area contributed by atoms with Crippen molar-refractivity contribution in [2.75, 3.05) is 12.0 Å². The number of nitrogens with zero attached hydrogens (tertiary/aromatic N) is 2. The molecule has 0 aliphatic carbocycles. The van der Waals surface area contributed by atoms with Crippen LogP contribution in [-0.2, 0) is 20.8 Å². The minimum Gasteiger partial charge on any atom is -0.465 e. The van der Waals surface area contributed by atoms with E-state index in [1.165, 1.54) is 29.4 Å². The molecule has 0 spiro atoms. The topological polar surface area (TPSA) is 97.3 Å². The van der Waals surface area contributed by atoms with Crippen LogP contribution in [0.15, 0.2) is 65.7 Å². The van der Waals surface area contributed by atoms with Crippen LogP contribution < -0.4 is 10.2 Å². The van der Waals surface area contributed by atoms with Crippen molar-refractivity contribution in [3.05, 3.63) is 87.4 Å². The number of para-hydroxylation sites is 1. The zero-order valence-electron chi connectivity index (χ0n) is 20.8. The minimum atomic E-state index is -1.39. The van der Waals surface area contributed by atoms with Gasteiger partial charge in [-0.15, -0.1) is 11.3 Å². The molecule has 0 saturated heterocycles. The van der Waals surface area contributed by atoms with E-state index < -0.39 is 35.6 Å². The summed E-state index contributed by atoms with van der Waals surface area (Å²) in [6.07, 6.45) is -2.23. The second kappa shape index (κ2) is 10.5. The Kier molecular flexibility index (Phi) is 7.40. The number of amides is 2. The summed E-state index contributed by atoms with van der Waals surface area (Å²) in [5, 5.41) is 2.53. The summed E-state index contributed by atoms with van der Waals surface area (Å²) in [6, 6.07) is 16.5. The molecule has 10 heteroatoms. The summed E-state index contributed by atoms with van der Waals surface area (Å²) in [7, 11) is 1.30. The van der Waals surface area contributed by atoms with E-state index in [9.17, 15) is 18.8 Å². The summed E-state index contributed by atoms with van der Waals surface area (Å²) < 4.78 is 25.1. The van der Waals surface area contributed by atoms with Gasteiger partial charge in [0, 0.05) is 16.0 Å². The number of rotatable bonds is 5. The van der Waals surface area contributed by atoms with Gasteiger partial charge in [-0.2, -0.15) is 0 Å². The fourth-order valence-corrected chi connectivity index (χ4v) is 4.72. The first kappa shape index (κ1) is 26.0. The van der Waals surface area contributed by atoms with Crippen molar-refractivity contribution in [1.29, 1.82) is 0 Å². The number of halogens is 1. The molecule has 1 atom stereocenters. The summed E-state index contributed by atoms with van der Waals surface area (Å²) in [5.41, 5.74) is 0.590. The van der Waals surface area contributed by atoms with Crippen LogP contribution in [0.3, 0.4) is 0 Å². The van der Waals surface area contributed by atoms with Crippen molar-refractivity contribution < 1.29 is 28.2 Å². The number of hydrogen-bond donors (Lipinski definition) is 1. The lowest BCUT2D eigenvalue weighted by atomic mass is 9.99. The van der Waals surface area contributed by atoms with Gasteiger partial charge < -0.3 is 14.4 Å². The molecular formula is C27H26FN3O5S. The Morgan fingerprint density at radius 2 is 1.73 bits per heavy atom. The second-order valence-electron chi connectivity index (χ2n) is 9.21. The van der Waals surface area contributed by atoms with Crippen molar-refractivity contribution in [2.45, 2.75) is 39.1 Å². The summed E-state index contributed by atoms with van der Waals surface area (Å²) >= 11 is 1.19. The molecule has 3 aromatic rings. The quantitative estimate of drug-likeness (QED) is 0.480. The highest BCUT2D eigenvalue weighted by molar-refractivity contribution is 7.13. The van der Waals surface area contributed by atoms with Crippen LogP contribution in [0.25, 0.3) is 0 Å². The van der Waals surface area contributed by atoms with Gasteiger partial charge in [0.25, 0.3) is 5.91 Å². The van der Waals surface area contributed by atoms with Crippen molar-refractivity contribution in [3.8, 4) is 0 Å². The summed E-state index contributed by atoms with van der Waals surface area (Å²) in [5.74, 6) is -1.54. The van der Waals surface area contributed by atoms with Crippen LogP contribution in [-0.4, -0.2) is 42.6 Å². The van der Waals surface area contributed by atoms with Crippen LogP contribution in [0.4, 0.5) is 14.9 Å². The van der Waals surface area contributed by atoms with Crippen molar-refractivity contribution in [2.24, 2.45) is 4.99 Å². The van der Waals surface area contributed by atoms with Gasteiger partial charge >= 0.3 is 12.1 Å². The smallest absolute Gasteiger partial charge is 0.409 e. The molecule has 4 rings (SSSR count). The molecule has 2 heterocycles. The number of aliphatic imine (C=N–C) groups is 1. The number of methoxy groups -OCH3 is 1. The van der Waals surface area contributed by atoms with Crippen molar-refractivity contribution in [3.63, 3.8) is 0 Å². The van der Waals surface area contributed by atoms with E-state index in [4.69, 9.17) is 9.47 Å². The molecular weight excluding hydrogens is 497 g/mol. The number of thiophene rings is 1. The zero-order chi connectivity index (χ0) is 26.7. The monoisotopic (exact) mass is 523 g/mol. The van der Waals surface area contributed by atoms with Crippen LogP contribution in [0.1, 0.15) is 46.4 Å². The SMILES string of the molecule is COC(=O)c1ccc(CN2C(=O)[C@@H](NC(=O)OC(C)(C)C)N=C(c3ccccc3F)c3ccccc32)s1. The van der Waals surface area contributed by atoms with Crippen LogP contribution >= 0.6 is 11.3 Å². The number of hydrogen-bond acceptors (Lipinski definition) is 7. The Hall–Kier alpha value is -4.05. The molecule has 0 saturated carbocycles. The molecule has 0 bridgehead atoms.